The summed E-state index contributed by atoms with van der Waals surface area (Å²) in [5.41, 5.74) is 7.33. The lowest BCUT2D eigenvalue weighted by Crippen LogP contribution is -2.43. The molecule has 1 aromatic heterocycles. The number of hydrogen-bond acceptors (Lipinski definition) is 4. The maximum atomic E-state index is 12.2. The number of nitrogens with two attached hydrogens (primary N) is 1. The second-order valence-corrected chi connectivity index (χ2v) is 4.86. The largest absolute Gasteiger partial charge is 0.383 e. The molecular weight excluding hydrogens is 242 g/mol. The predicted octanol–water partition coefficient (Wildman–Crippen LogP) is 1.11. The third-order valence-corrected chi connectivity index (χ3v) is 3.57. The van der Waals surface area contributed by atoms with Crippen LogP contribution >= 0.6 is 0 Å². The maximum absolute atomic E-state index is 12.2. The van der Waals surface area contributed by atoms with Crippen molar-refractivity contribution in [3.8, 4) is 0 Å². The molecule has 2 rings (SSSR count). The molecule has 0 aliphatic carbocycles. The lowest BCUT2D eigenvalue weighted by molar-refractivity contribution is -0.134. The summed E-state index contributed by atoms with van der Waals surface area (Å²) in [5, 5.41) is 0. The minimum Gasteiger partial charge on any atom is -0.383 e. The average molecular weight is 263 g/mol. The van der Waals surface area contributed by atoms with Gasteiger partial charge in [-0.1, -0.05) is 0 Å². The summed E-state index contributed by atoms with van der Waals surface area (Å²) in [6.07, 6.45) is 5.77. The highest BCUT2D eigenvalue weighted by atomic mass is 16.5. The highest BCUT2D eigenvalue weighted by Crippen LogP contribution is 2.29. The topological polar surface area (TPSA) is 68.5 Å². The number of carbonyl (C=O) groups excluding carboxylic acids is 1. The summed E-state index contributed by atoms with van der Waals surface area (Å²) in [6.45, 7) is 1.11. The van der Waals surface area contributed by atoms with Gasteiger partial charge < -0.3 is 15.4 Å². The van der Waals surface area contributed by atoms with Crippen molar-refractivity contribution in [1.29, 1.82) is 0 Å². The second-order valence-electron chi connectivity index (χ2n) is 4.86. The molecule has 2 unspecified atom stereocenters. The van der Waals surface area contributed by atoms with Gasteiger partial charge in [-0.05, 0) is 30.5 Å². The van der Waals surface area contributed by atoms with Gasteiger partial charge in [0, 0.05) is 38.5 Å². The van der Waals surface area contributed by atoms with E-state index in [1.807, 2.05) is 17.0 Å². The summed E-state index contributed by atoms with van der Waals surface area (Å²) in [7, 11) is 1.64. The van der Waals surface area contributed by atoms with E-state index in [-0.39, 0.29) is 18.0 Å². The Morgan fingerprint density at radius 3 is 2.89 bits per heavy atom. The first-order valence-corrected chi connectivity index (χ1v) is 6.68. The van der Waals surface area contributed by atoms with Crippen LogP contribution in [0.25, 0.3) is 0 Å². The van der Waals surface area contributed by atoms with E-state index < -0.39 is 0 Å². The normalized spacial score (nSPS) is 24.3. The van der Waals surface area contributed by atoms with Crippen LogP contribution < -0.4 is 5.73 Å². The van der Waals surface area contributed by atoms with Crippen LogP contribution in [0.5, 0.6) is 0 Å². The van der Waals surface area contributed by atoms with Gasteiger partial charge in [0.1, 0.15) is 0 Å². The van der Waals surface area contributed by atoms with E-state index in [0.29, 0.717) is 19.6 Å². The number of carbonyl (C=O) groups is 1. The van der Waals surface area contributed by atoms with Gasteiger partial charge in [0.05, 0.1) is 12.6 Å². The molecule has 0 radical (unpaired) electrons. The van der Waals surface area contributed by atoms with Crippen molar-refractivity contribution in [2.75, 3.05) is 20.3 Å². The lowest BCUT2D eigenvalue weighted by Gasteiger charge is -2.33. The molecule has 104 valence electrons. The quantitative estimate of drug-likeness (QED) is 0.883. The average Bonchev–Trinajstić information content (AvgIpc) is 2.56. The Labute approximate surface area is 113 Å². The fourth-order valence-corrected chi connectivity index (χ4v) is 2.62. The third-order valence-electron chi connectivity index (χ3n) is 3.57. The number of nitrogens with zero attached hydrogens (tertiary/aromatic N) is 2. The van der Waals surface area contributed by atoms with Crippen molar-refractivity contribution >= 4 is 5.91 Å². The predicted molar refractivity (Wildman–Crippen MR) is 72.4 cm³/mol. The zero-order valence-electron chi connectivity index (χ0n) is 11.3. The molecule has 0 aromatic carbocycles. The Balaban J connectivity index is 2.28. The molecule has 2 heterocycles. The van der Waals surface area contributed by atoms with E-state index in [1.165, 1.54) is 0 Å². The van der Waals surface area contributed by atoms with Gasteiger partial charge in [-0.3, -0.25) is 9.78 Å². The van der Waals surface area contributed by atoms with Crippen molar-refractivity contribution in [1.82, 2.24) is 9.88 Å². The van der Waals surface area contributed by atoms with Crippen LogP contribution in [0.4, 0.5) is 0 Å². The van der Waals surface area contributed by atoms with Gasteiger partial charge in [0.25, 0.3) is 0 Å². The maximum Gasteiger partial charge on any atom is 0.223 e. The fourth-order valence-electron chi connectivity index (χ4n) is 2.62. The summed E-state index contributed by atoms with van der Waals surface area (Å²) in [4.78, 5) is 18.1. The van der Waals surface area contributed by atoms with E-state index in [9.17, 15) is 4.79 Å². The second kappa shape index (κ2) is 6.63. The van der Waals surface area contributed by atoms with E-state index in [1.54, 1.807) is 19.5 Å². The molecule has 2 atom stereocenters. The van der Waals surface area contributed by atoms with E-state index in [2.05, 4.69) is 4.98 Å². The zero-order valence-corrected chi connectivity index (χ0v) is 11.3. The van der Waals surface area contributed by atoms with Crippen LogP contribution in [0.2, 0.25) is 0 Å². The van der Waals surface area contributed by atoms with E-state index in [4.69, 9.17) is 10.5 Å². The Hall–Kier alpha value is -1.46. The van der Waals surface area contributed by atoms with Gasteiger partial charge in [0.15, 0.2) is 0 Å². The van der Waals surface area contributed by atoms with Crippen LogP contribution in [0, 0.1) is 0 Å². The monoisotopic (exact) mass is 263 g/mol. The van der Waals surface area contributed by atoms with Crippen LogP contribution in [0.3, 0.4) is 0 Å². The molecular formula is C14H21N3O2. The minimum absolute atomic E-state index is 0.0364. The first-order chi connectivity index (χ1) is 9.24. The van der Waals surface area contributed by atoms with Crippen molar-refractivity contribution < 1.29 is 9.53 Å². The fraction of sp³-hybridized carbons (Fsp3) is 0.571. The Bertz CT molecular complexity index is 410. The Morgan fingerprint density at radius 1 is 1.47 bits per heavy atom. The number of aromatic nitrogens is 1. The number of ether oxygens (including phenoxy) is 1. The van der Waals surface area contributed by atoms with Crippen LogP contribution in [0.15, 0.2) is 24.5 Å². The van der Waals surface area contributed by atoms with Crippen LogP contribution in [0.1, 0.15) is 30.9 Å². The molecule has 1 aliphatic heterocycles. The molecule has 5 heteroatoms. The number of amides is 1. The highest BCUT2D eigenvalue weighted by Gasteiger charge is 2.32. The number of pyridine rings is 1. The van der Waals surface area contributed by atoms with Crippen molar-refractivity contribution in [2.24, 2.45) is 5.73 Å². The number of hydrogen-bond donors (Lipinski definition) is 1. The standard InChI is InChI=1S/C14H21N3O2/c1-19-10-9-17-13(18)4-2-3-12(15)14(17)11-5-7-16-8-6-11/h5-8,12,14H,2-4,9-10,15H2,1H3. The van der Waals surface area contributed by atoms with Crippen molar-refractivity contribution in [3.63, 3.8) is 0 Å². The van der Waals surface area contributed by atoms with Crippen molar-refractivity contribution in [2.45, 2.75) is 31.3 Å². The lowest BCUT2D eigenvalue weighted by atomic mass is 9.97. The molecule has 0 spiro atoms. The van der Waals surface area contributed by atoms with Gasteiger partial charge in [-0.2, -0.15) is 0 Å². The molecule has 1 aliphatic rings. The Morgan fingerprint density at radius 2 is 2.21 bits per heavy atom. The molecule has 1 saturated heterocycles. The van der Waals surface area contributed by atoms with Gasteiger partial charge in [-0.15, -0.1) is 0 Å². The van der Waals surface area contributed by atoms with Crippen LogP contribution in [-0.4, -0.2) is 42.1 Å². The minimum atomic E-state index is -0.0758. The molecule has 0 bridgehead atoms. The van der Waals surface area contributed by atoms with Gasteiger partial charge in [0.2, 0.25) is 5.91 Å². The third kappa shape index (κ3) is 3.30. The van der Waals surface area contributed by atoms with Gasteiger partial charge in [-0.25, -0.2) is 0 Å². The Kier molecular flexibility index (Phi) is 4.87. The number of methoxy groups -OCH3 is 1. The molecule has 1 amide bonds. The van der Waals surface area contributed by atoms with E-state index in [0.717, 1.165) is 18.4 Å². The number of rotatable bonds is 4. The van der Waals surface area contributed by atoms with Gasteiger partial charge >= 0.3 is 0 Å². The highest BCUT2D eigenvalue weighted by molar-refractivity contribution is 5.77. The first kappa shape index (κ1) is 14.0. The van der Waals surface area contributed by atoms with Crippen molar-refractivity contribution in [3.05, 3.63) is 30.1 Å². The summed E-state index contributed by atoms with van der Waals surface area (Å²) >= 11 is 0. The molecule has 1 aromatic rings. The molecule has 1 fully saturated rings. The molecule has 5 nitrogen and oxygen atoms in total. The summed E-state index contributed by atoms with van der Waals surface area (Å²) in [6, 6.07) is 3.75. The first-order valence-electron chi connectivity index (χ1n) is 6.68. The number of likely N-dealkylation sites (tertiary alicyclic amines) is 1. The SMILES string of the molecule is COCCN1C(=O)CCCC(N)C1c1ccncc1. The molecule has 2 N–H and O–H groups in total. The van der Waals surface area contributed by atoms with Crippen LogP contribution in [-0.2, 0) is 9.53 Å². The molecule has 19 heavy (non-hydrogen) atoms. The molecule has 0 saturated carbocycles. The smallest absolute Gasteiger partial charge is 0.223 e. The summed E-state index contributed by atoms with van der Waals surface area (Å²) < 4.78 is 5.11. The van der Waals surface area contributed by atoms with E-state index >= 15 is 0 Å². The summed E-state index contributed by atoms with van der Waals surface area (Å²) in [5.74, 6) is 0.159. The zero-order chi connectivity index (χ0) is 13.7.